The fourth-order valence-electron chi connectivity index (χ4n) is 1.82. The molecule has 0 aliphatic rings. The van der Waals surface area contributed by atoms with Crippen molar-refractivity contribution in [2.75, 3.05) is 6.61 Å². The van der Waals surface area contributed by atoms with Crippen LogP contribution in [-0.2, 0) is 6.54 Å². The Morgan fingerprint density at radius 2 is 2.24 bits per heavy atom. The fourth-order valence-corrected chi connectivity index (χ4v) is 1.82. The smallest absolute Gasteiger partial charge is 0.251 e. The Labute approximate surface area is 123 Å². The second-order valence-corrected chi connectivity index (χ2v) is 4.43. The average Bonchev–Trinajstić information content (AvgIpc) is 2.51. The zero-order valence-corrected chi connectivity index (χ0v) is 11.6. The summed E-state index contributed by atoms with van der Waals surface area (Å²) in [4.78, 5) is 20.0. The van der Waals surface area contributed by atoms with Crippen LogP contribution in [0.5, 0.6) is 0 Å². The number of carbonyl (C=O) groups excluding carboxylic acids is 1. The monoisotopic (exact) mass is 281 g/mol. The van der Waals surface area contributed by atoms with Crippen molar-refractivity contribution in [2.24, 2.45) is 0 Å². The van der Waals surface area contributed by atoms with Crippen molar-refractivity contribution < 1.29 is 9.90 Å². The molecule has 0 aliphatic heterocycles. The molecule has 106 valence electrons. The Morgan fingerprint density at radius 1 is 1.38 bits per heavy atom. The van der Waals surface area contributed by atoms with Gasteiger partial charge < -0.3 is 10.4 Å². The van der Waals surface area contributed by atoms with E-state index in [1.54, 1.807) is 24.4 Å². The van der Waals surface area contributed by atoms with Crippen LogP contribution in [0, 0.1) is 18.8 Å². The summed E-state index contributed by atoms with van der Waals surface area (Å²) >= 11 is 0. The van der Waals surface area contributed by atoms with Crippen LogP contribution in [-0.4, -0.2) is 27.6 Å². The lowest BCUT2D eigenvalue weighted by atomic mass is 10.1. The zero-order chi connectivity index (χ0) is 15.1. The van der Waals surface area contributed by atoms with Gasteiger partial charge in [0.2, 0.25) is 0 Å². The van der Waals surface area contributed by atoms with Crippen LogP contribution in [0.4, 0.5) is 0 Å². The first kappa shape index (κ1) is 14.7. The third kappa shape index (κ3) is 4.41. The minimum absolute atomic E-state index is 0.190. The quantitative estimate of drug-likeness (QED) is 0.825. The van der Waals surface area contributed by atoms with Crippen LogP contribution >= 0.6 is 0 Å². The lowest BCUT2D eigenvalue weighted by Crippen LogP contribution is -2.23. The van der Waals surface area contributed by atoms with Crippen LogP contribution in [0.25, 0.3) is 0 Å². The summed E-state index contributed by atoms with van der Waals surface area (Å²) < 4.78 is 0. The Balaban J connectivity index is 2.10. The highest BCUT2D eigenvalue weighted by molar-refractivity contribution is 5.94. The predicted molar refractivity (Wildman–Crippen MR) is 78.3 cm³/mol. The minimum atomic E-state index is -0.205. The van der Waals surface area contributed by atoms with E-state index >= 15 is 0 Å². The third-order valence-electron chi connectivity index (χ3n) is 2.72. The first-order chi connectivity index (χ1) is 10.2. The number of aromatic nitrogens is 2. The number of rotatable bonds is 3. The molecule has 1 aromatic heterocycles. The van der Waals surface area contributed by atoms with Gasteiger partial charge in [-0.1, -0.05) is 11.8 Å². The zero-order valence-electron chi connectivity index (χ0n) is 11.6. The molecular formula is C16H15N3O2. The van der Waals surface area contributed by atoms with Crippen molar-refractivity contribution in [2.45, 2.75) is 13.5 Å². The van der Waals surface area contributed by atoms with E-state index in [9.17, 15) is 4.79 Å². The normalized spacial score (nSPS) is 9.62. The number of hydrogen-bond donors (Lipinski definition) is 2. The van der Waals surface area contributed by atoms with Gasteiger partial charge in [0.1, 0.15) is 12.9 Å². The molecule has 5 nitrogen and oxygen atoms in total. The summed E-state index contributed by atoms with van der Waals surface area (Å²) in [5, 5.41) is 11.5. The molecule has 2 aromatic rings. The molecule has 0 aliphatic carbocycles. The summed E-state index contributed by atoms with van der Waals surface area (Å²) in [6, 6.07) is 7.10. The Morgan fingerprint density at radius 3 is 2.95 bits per heavy atom. The lowest BCUT2D eigenvalue weighted by molar-refractivity contribution is 0.0950. The minimum Gasteiger partial charge on any atom is -0.384 e. The van der Waals surface area contributed by atoms with Gasteiger partial charge >= 0.3 is 0 Å². The molecule has 0 unspecified atom stereocenters. The number of carbonyl (C=O) groups is 1. The van der Waals surface area contributed by atoms with E-state index in [1.165, 1.54) is 6.33 Å². The molecule has 2 rings (SSSR count). The number of aliphatic hydroxyl groups is 1. The molecule has 2 N–H and O–H groups in total. The molecule has 0 saturated carbocycles. The summed E-state index contributed by atoms with van der Waals surface area (Å²) in [6.45, 7) is 2.03. The number of nitrogens with zero attached hydrogens (tertiary/aromatic N) is 2. The first-order valence-corrected chi connectivity index (χ1v) is 6.43. The largest absolute Gasteiger partial charge is 0.384 e. The van der Waals surface area contributed by atoms with E-state index in [0.717, 1.165) is 11.3 Å². The van der Waals surface area contributed by atoms with Crippen molar-refractivity contribution in [3.8, 4) is 11.8 Å². The number of aliphatic hydroxyl groups excluding tert-OH is 1. The third-order valence-corrected chi connectivity index (χ3v) is 2.72. The van der Waals surface area contributed by atoms with Gasteiger partial charge in [0.25, 0.3) is 5.91 Å². The van der Waals surface area contributed by atoms with E-state index in [1.807, 2.05) is 13.0 Å². The maximum absolute atomic E-state index is 12.1. The van der Waals surface area contributed by atoms with Gasteiger partial charge in [-0.25, -0.2) is 9.97 Å². The van der Waals surface area contributed by atoms with Gasteiger partial charge in [-0.3, -0.25) is 4.79 Å². The van der Waals surface area contributed by atoms with Gasteiger partial charge in [-0.15, -0.1) is 0 Å². The van der Waals surface area contributed by atoms with Crippen molar-refractivity contribution in [1.29, 1.82) is 0 Å². The van der Waals surface area contributed by atoms with Gasteiger partial charge in [-0.05, 0) is 36.8 Å². The van der Waals surface area contributed by atoms with Crippen LogP contribution in [0.3, 0.4) is 0 Å². The van der Waals surface area contributed by atoms with Crippen LogP contribution in [0.15, 0.2) is 36.8 Å². The second-order valence-electron chi connectivity index (χ2n) is 4.43. The topological polar surface area (TPSA) is 75.1 Å². The Bertz CT molecular complexity index is 688. The van der Waals surface area contributed by atoms with Crippen LogP contribution < -0.4 is 5.32 Å². The van der Waals surface area contributed by atoms with E-state index in [0.29, 0.717) is 17.7 Å². The molecule has 0 fully saturated rings. The van der Waals surface area contributed by atoms with Crippen molar-refractivity contribution in [1.82, 2.24) is 15.3 Å². The number of nitrogens with one attached hydrogen (secondary N) is 1. The molecule has 0 saturated heterocycles. The van der Waals surface area contributed by atoms with E-state index in [2.05, 4.69) is 27.1 Å². The Hall–Kier alpha value is -2.71. The maximum atomic E-state index is 12.1. The van der Waals surface area contributed by atoms with Gasteiger partial charge in [-0.2, -0.15) is 0 Å². The lowest BCUT2D eigenvalue weighted by Gasteiger charge is -2.06. The average molecular weight is 281 g/mol. The molecule has 1 aromatic carbocycles. The SMILES string of the molecule is Cc1cc(C#CCO)cc(C(=O)NCc2ccncn2)c1. The molecule has 0 bridgehead atoms. The van der Waals surface area contributed by atoms with Gasteiger partial charge in [0, 0.05) is 17.3 Å². The van der Waals surface area contributed by atoms with Crippen molar-refractivity contribution in [3.05, 3.63) is 59.2 Å². The Kier molecular flexibility index (Phi) is 5.02. The van der Waals surface area contributed by atoms with Gasteiger partial charge in [0.15, 0.2) is 0 Å². The second kappa shape index (κ2) is 7.17. The molecule has 5 heteroatoms. The summed E-state index contributed by atoms with van der Waals surface area (Å²) in [7, 11) is 0. The highest BCUT2D eigenvalue weighted by atomic mass is 16.2. The number of aryl methyl sites for hydroxylation is 1. The van der Waals surface area contributed by atoms with Crippen LogP contribution in [0.2, 0.25) is 0 Å². The van der Waals surface area contributed by atoms with Crippen LogP contribution in [0.1, 0.15) is 27.2 Å². The van der Waals surface area contributed by atoms with E-state index in [4.69, 9.17) is 5.11 Å². The molecular weight excluding hydrogens is 266 g/mol. The van der Waals surface area contributed by atoms with E-state index < -0.39 is 0 Å². The first-order valence-electron chi connectivity index (χ1n) is 6.43. The molecule has 21 heavy (non-hydrogen) atoms. The molecule has 0 radical (unpaired) electrons. The van der Waals surface area contributed by atoms with Crippen molar-refractivity contribution >= 4 is 5.91 Å². The molecule has 1 heterocycles. The number of amides is 1. The maximum Gasteiger partial charge on any atom is 0.251 e. The molecule has 0 atom stereocenters. The fraction of sp³-hybridized carbons (Fsp3) is 0.188. The number of hydrogen-bond acceptors (Lipinski definition) is 4. The molecule has 1 amide bonds. The van der Waals surface area contributed by atoms with E-state index in [-0.39, 0.29) is 12.5 Å². The van der Waals surface area contributed by atoms with Crippen molar-refractivity contribution in [3.63, 3.8) is 0 Å². The highest BCUT2D eigenvalue weighted by Gasteiger charge is 2.07. The summed E-state index contributed by atoms with van der Waals surface area (Å²) in [5.74, 6) is 5.19. The number of benzene rings is 1. The highest BCUT2D eigenvalue weighted by Crippen LogP contribution is 2.09. The predicted octanol–water partition coefficient (Wildman–Crippen LogP) is 1.06. The standard InChI is InChI=1S/C16H15N3O2/c1-12-7-13(3-2-6-20)9-14(8-12)16(21)18-10-15-4-5-17-11-19-15/h4-5,7-9,11,20H,6,10H2,1H3,(H,18,21). The summed E-state index contributed by atoms with van der Waals surface area (Å²) in [6.07, 6.45) is 3.07. The molecule has 0 spiro atoms. The van der Waals surface area contributed by atoms with Gasteiger partial charge in [0.05, 0.1) is 12.2 Å². The summed E-state index contributed by atoms with van der Waals surface area (Å²) in [5.41, 5.74) is 2.92.